The Morgan fingerprint density at radius 2 is 1.68 bits per heavy atom. The predicted octanol–water partition coefficient (Wildman–Crippen LogP) is 10.4. The summed E-state index contributed by atoms with van der Waals surface area (Å²) in [4.78, 5) is 30.3. The second-order valence-corrected chi connectivity index (χ2v) is 15.8. The van der Waals surface area contributed by atoms with Gasteiger partial charge in [-0.1, -0.05) is 97.9 Å². The van der Waals surface area contributed by atoms with E-state index in [1.54, 1.807) is 6.20 Å². The van der Waals surface area contributed by atoms with Gasteiger partial charge in [0.1, 0.15) is 5.69 Å². The van der Waals surface area contributed by atoms with E-state index in [0.717, 1.165) is 82.8 Å². The maximum atomic E-state index is 14.9. The van der Waals surface area contributed by atoms with Gasteiger partial charge in [0.2, 0.25) is 0 Å². The summed E-state index contributed by atoms with van der Waals surface area (Å²) in [6, 6.07) is 25.1. The number of aromatic nitrogens is 2. The number of carbonyl (C=O) groups is 1. The van der Waals surface area contributed by atoms with Gasteiger partial charge in [-0.2, -0.15) is 0 Å². The number of piperazine rings is 1. The molecule has 3 aliphatic heterocycles. The molecule has 2 unspecified atom stereocenters. The highest BCUT2D eigenvalue weighted by molar-refractivity contribution is 6.32. The number of benzene rings is 3. The minimum absolute atomic E-state index is 0.188. The van der Waals surface area contributed by atoms with Gasteiger partial charge in [-0.25, -0.2) is 0 Å². The van der Waals surface area contributed by atoms with Crippen LogP contribution in [0.4, 0.5) is 11.4 Å². The van der Waals surface area contributed by atoms with E-state index in [-0.39, 0.29) is 17.9 Å². The zero-order chi connectivity index (χ0) is 36.1. The van der Waals surface area contributed by atoms with Crippen molar-refractivity contribution in [3.8, 4) is 0 Å². The number of allylic oxidation sites excluding steroid dienone is 2. The standard InChI is InChI=1S/C44H44Cl2N6O/c1-28-9-8-20-52-42(30-14-16-31(45)17-15-30)34-25-32(46)26-36-39(34)40(43(52)38(28)29-10-4-2-5-11-29)41(48-36)44(53)49-35-18-19-47-27-37(35)51-23-21-50(22-24-51)33-12-6-3-7-13-33/h2,4-5,8,10-11,14-20,25-28,33,42,48H,3,6-7,9,12-13,21-24H2,1H3,(H,47,49,53). The topological polar surface area (TPSA) is 67.5 Å². The largest absolute Gasteiger partial charge is 0.366 e. The smallest absolute Gasteiger partial charge is 0.272 e. The SMILES string of the molecule is CC1CC=CN2C(=C1c1ccccc1)c1c(C(=O)Nc3ccncc3N3CCN(C4CCCCC4)CC3)[nH]c3cc(Cl)cc(c13)C2c1ccc(Cl)cc1. The monoisotopic (exact) mass is 742 g/mol. The first kappa shape index (κ1) is 34.2. The third-order valence-corrected chi connectivity index (χ3v) is 12.2. The van der Waals surface area contributed by atoms with Crippen molar-refractivity contribution in [1.29, 1.82) is 0 Å². The highest BCUT2D eigenvalue weighted by Gasteiger charge is 2.40. The number of hydrogen-bond donors (Lipinski definition) is 2. The summed E-state index contributed by atoms with van der Waals surface area (Å²) in [5.74, 6) is -0.00875. The van der Waals surface area contributed by atoms with Crippen molar-refractivity contribution in [1.82, 2.24) is 19.8 Å². The average Bonchev–Trinajstić information content (AvgIpc) is 3.48. The van der Waals surface area contributed by atoms with Crippen LogP contribution < -0.4 is 10.2 Å². The molecule has 2 N–H and O–H groups in total. The zero-order valence-electron chi connectivity index (χ0n) is 30.0. The van der Waals surface area contributed by atoms with Gasteiger partial charge in [0.05, 0.1) is 29.3 Å². The summed E-state index contributed by atoms with van der Waals surface area (Å²) < 4.78 is 0. The number of aromatic amines is 1. The molecule has 0 spiro atoms. The Morgan fingerprint density at radius 1 is 0.906 bits per heavy atom. The van der Waals surface area contributed by atoms with E-state index in [9.17, 15) is 4.79 Å². The molecule has 2 fully saturated rings. The Labute approximate surface area is 321 Å². The lowest BCUT2D eigenvalue weighted by Gasteiger charge is -2.41. The number of halogens is 2. The molecule has 5 aromatic rings. The van der Waals surface area contributed by atoms with Gasteiger partial charge in [-0.15, -0.1) is 0 Å². The van der Waals surface area contributed by atoms with Crippen molar-refractivity contribution in [2.45, 2.75) is 57.5 Å². The molecule has 3 aromatic carbocycles. The van der Waals surface area contributed by atoms with E-state index in [0.29, 0.717) is 21.8 Å². The van der Waals surface area contributed by atoms with Gasteiger partial charge in [0.25, 0.3) is 5.91 Å². The van der Waals surface area contributed by atoms with E-state index < -0.39 is 0 Å². The molecule has 9 rings (SSSR count). The Kier molecular flexibility index (Phi) is 9.27. The second-order valence-electron chi connectivity index (χ2n) is 15.0. The lowest BCUT2D eigenvalue weighted by atomic mass is 9.82. The molecule has 270 valence electrons. The Morgan fingerprint density at radius 3 is 2.45 bits per heavy atom. The van der Waals surface area contributed by atoms with Crippen LogP contribution in [0.3, 0.4) is 0 Å². The van der Waals surface area contributed by atoms with E-state index >= 15 is 0 Å². The minimum Gasteiger partial charge on any atom is -0.366 e. The van der Waals surface area contributed by atoms with Crippen molar-refractivity contribution < 1.29 is 4.79 Å². The zero-order valence-corrected chi connectivity index (χ0v) is 31.5. The summed E-state index contributed by atoms with van der Waals surface area (Å²) >= 11 is 13.3. The summed E-state index contributed by atoms with van der Waals surface area (Å²) in [6.45, 7) is 6.13. The Bertz CT molecular complexity index is 2210. The molecule has 7 nitrogen and oxygen atoms in total. The van der Waals surface area contributed by atoms with Crippen LogP contribution in [0.2, 0.25) is 10.0 Å². The van der Waals surface area contributed by atoms with Gasteiger partial charge in [0.15, 0.2) is 0 Å². The van der Waals surface area contributed by atoms with E-state index in [1.165, 1.54) is 37.7 Å². The lowest BCUT2D eigenvalue weighted by molar-refractivity contribution is 0.102. The average molecular weight is 744 g/mol. The number of nitrogens with one attached hydrogen (secondary N) is 2. The molecule has 1 amide bonds. The van der Waals surface area contributed by atoms with E-state index in [4.69, 9.17) is 23.2 Å². The van der Waals surface area contributed by atoms with Crippen LogP contribution in [0, 0.1) is 5.92 Å². The van der Waals surface area contributed by atoms with Crippen LogP contribution in [-0.2, 0) is 0 Å². The molecular weight excluding hydrogens is 699 g/mol. The fourth-order valence-electron chi connectivity index (χ4n) is 9.25. The summed E-state index contributed by atoms with van der Waals surface area (Å²) in [5, 5.41) is 5.65. The molecule has 4 aliphatic rings. The number of rotatable bonds is 6. The number of hydrogen-bond acceptors (Lipinski definition) is 5. The molecule has 2 atom stereocenters. The van der Waals surface area contributed by atoms with E-state index in [1.807, 2.05) is 30.5 Å². The molecule has 53 heavy (non-hydrogen) atoms. The molecule has 1 saturated heterocycles. The number of pyridine rings is 1. The normalized spacial score (nSPS) is 20.8. The van der Waals surface area contributed by atoms with Crippen molar-refractivity contribution >= 4 is 62.7 Å². The molecule has 1 saturated carbocycles. The van der Waals surface area contributed by atoms with Crippen molar-refractivity contribution in [2.24, 2.45) is 5.92 Å². The van der Waals surface area contributed by atoms with Gasteiger partial charge in [-0.05, 0) is 77.8 Å². The summed E-state index contributed by atoms with van der Waals surface area (Å²) in [7, 11) is 0. The first-order valence-electron chi connectivity index (χ1n) is 19.0. The van der Waals surface area contributed by atoms with Crippen LogP contribution in [0.1, 0.15) is 84.2 Å². The fourth-order valence-corrected chi connectivity index (χ4v) is 9.60. The second kappa shape index (κ2) is 14.3. The predicted molar refractivity (Wildman–Crippen MR) is 217 cm³/mol. The van der Waals surface area contributed by atoms with Crippen LogP contribution >= 0.6 is 23.2 Å². The van der Waals surface area contributed by atoms with Gasteiger partial charge < -0.3 is 20.1 Å². The Balaban J connectivity index is 1.16. The highest BCUT2D eigenvalue weighted by Crippen LogP contribution is 2.53. The van der Waals surface area contributed by atoms with Crippen molar-refractivity contribution in [3.05, 3.63) is 135 Å². The number of anilines is 2. The van der Waals surface area contributed by atoms with Gasteiger partial charge >= 0.3 is 0 Å². The molecule has 2 aromatic heterocycles. The quantitative estimate of drug-likeness (QED) is 0.181. The molecular formula is C44H44Cl2N6O. The van der Waals surface area contributed by atoms with E-state index in [2.05, 4.69) is 97.7 Å². The number of H-pyrrole nitrogens is 1. The number of fused-ring (bicyclic) bond motifs is 2. The van der Waals surface area contributed by atoms with Gasteiger partial charge in [0, 0.05) is 71.1 Å². The maximum Gasteiger partial charge on any atom is 0.272 e. The number of nitrogens with zero attached hydrogens (tertiary/aromatic N) is 4. The fraction of sp³-hybridized carbons (Fsp3) is 0.318. The number of carbonyl (C=O) groups excluding carboxylic acids is 1. The van der Waals surface area contributed by atoms with Crippen LogP contribution in [-0.4, -0.2) is 57.9 Å². The Hall–Kier alpha value is -4.56. The molecule has 1 aliphatic carbocycles. The van der Waals surface area contributed by atoms with Gasteiger partial charge in [-0.3, -0.25) is 14.7 Å². The third kappa shape index (κ3) is 6.33. The van der Waals surface area contributed by atoms with Crippen molar-refractivity contribution in [3.63, 3.8) is 0 Å². The third-order valence-electron chi connectivity index (χ3n) is 11.8. The summed E-state index contributed by atoms with van der Waals surface area (Å²) in [6.07, 6.45) is 15.6. The first-order chi connectivity index (χ1) is 25.9. The maximum absolute atomic E-state index is 14.9. The number of amides is 1. The summed E-state index contributed by atoms with van der Waals surface area (Å²) in [5.41, 5.74) is 9.45. The molecule has 0 radical (unpaired) electrons. The highest BCUT2D eigenvalue weighted by atomic mass is 35.5. The molecule has 5 heterocycles. The first-order valence-corrected chi connectivity index (χ1v) is 19.8. The van der Waals surface area contributed by atoms with Crippen LogP contribution in [0.25, 0.3) is 22.2 Å². The molecule has 0 bridgehead atoms. The minimum atomic E-state index is -0.197. The van der Waals surface area contributed by atoms with Crippen LogP contribution in [0.15, 0.2) is 97.5 Å². The van der Waals surface area contributed by atoms with Crippen LogP contribution in [0.5, 0.6) is 0 Å². The lowest BCUT2D eigenvalue weighted by Crippen LogP contribution is -2.51. The molecule has 9 heteroatoms. The van der Waals surface area contributed by atoms with Crippen molar-refractivity contribution in [2.75, 3.05) is 36.4 Å².